The van der Waals surface area contributed by atoms with Crippen LogP contribution in [-0.4, -0.2) is 42.3 Å². The van der Waals surface area contributed by atoms with Gasteiger partial charge >= 0.3 is 0 Å². The second kappa shape index (κ2) is 10.4. The number of aliphatic hydroxyl groups excluding tert-OH is 1. The molecule has 2 rings (SSSR count). The number of aliphatic imine (C=N–C) groups is 1. The van der Waals surface area contributed by atoms with Crippen LogP contribution in [0.25, 0.3) is 0 Å². The van der Waals surface area contributed by atoms with Crippen molar-refractivity contribution in [3.8, 4) is 0 Å². The monoisotopic (exact) mass is 262 g/mol. The van der Waals surface area contributed by atoms with E-state index in [1.807, 2.05) is 18.2 Å². The van der Waals surface area contributed by atoms with Crippen LogP contribution >= 0.6 is 0 Å². The summed E-state index contributed by atoms with van der Waals surface area (Å²) >= 11 is 0. The Kier molecular flexibility index (Phi) is 8.56. The van der Waals surface area contributed by atoms with Crippen LogP contribution in [0.15, 0.2) is 35.3 Å². The predicted molar refractivity (Wildman–Crippen MR) is 76.2 cm³/mol. The highest BCUT2D eigenvalue weighted by molar-refractivity contribution is 5.47. The number of rotatable bonds is 4. The maximum absolute atomic E-state index is 9.68. The van der Waals surface area contributed by atoms with Crippen LogP contribution < -0.4 is 0 Å². The zero-order valence-corrected chi connectivity index (χ0v) is 11.3. The number of nitrogens with zero attached hydrogens (tertiary/aromatic N) is 2. The van der Waals surface area contributed by atoms with E-state index in [2.05, 4.69) is 9.89 Å². The summed E-state index contributed by atoms with van der Waals surface area (Å²) in [5.41, 5.74) is 0.646. The molecule has 19 heavy (non-hydrogen) atoms. The van der Waals surface area contributed by atoms with Crippen LogP contribution in [0.5, 0.6) is 0 Å². The molecule has 0 bridgehead atoms. The third-order valence-electron chi connectivity index (χ3n) is 3.01. The van der Waals surface area contributed by atoms with Gasteiger partial charge in [-0.3, -0.25) is 0 Å². The molecule has 0 aliphatic carbocycles. The number of hydrogen-bond donors (Lipinski definition) is 1. The fourth-order valence-electron chi connectivity index (χ4n) is 2.03. The highest BCUT2D eigenvalue weighted by Crippen LogP contribution is 2.08. The Morgan fingerprint density at radius 3 is 2.42 bits per heavy atom. The molecule has 1 aromatic rings. The molecular weight excluding hydrogens is 240 g/mol. The first kappa shape index (κ1) is 15.6. The Labute approximate surface area is 114 Å². The zero-order valence-electron chi connectivity index (χ0n) is 11.3. The van der Waals surface area contributed by atoms with Crippen molar-refractivity contribution < 1.29 is 9.90 Å². The summed E-state index contributed by atoms with van der Waals surface area (Å²) in [5.74, 6) is 0. The molecule has 104 valence electrons. The van der Waals surface area contributed by atoms with Crippen molar-refractivity contribution in [3.63, 3.8) is 0 Å². The molecule has 0 aromatic heterocycles. The van der Waals surface area contributed by atoms with Crippen molar-refractivity contribution in [3.05, 3.63) is 30.3 Å². The van der Waals surface area contributed by atoms with Gasteiger partial charge in [0, 0.05) is 13.2 Å². The Morgan fingerprint density at radius 2 is 1.84 bits per heavy atom. The molecular formula is C15H22N2O2. The second-order valence-corrected chi connectivity index (χ2v) is 4.52. The van der Waals surface area contributed by atoms with Crippen LogP contribution in [0.3, 0.4) is 0 Å². The van der Waals surface area contributed by atoms with Gasteiger partial charge in [-0.25, -0.2) is 4.79 Å². The molecule has 1 aliphatic rings. The molecule has 1 saturated heterocycles. The quantitative estimate of drug-likeness (QED) is 0.670. The Morgan fingerprint density at radius 1 is 1.16 bits per heavy atom. The van der Waals surface area contributed by atoms with Crippen LogP contribution in [0, 0.1) is 0 Å². The number of piperidine rings is 1. The van der Waals surface area contributed by atoms with Crippen LogP contribution in [-0.2, 0) is 4.79 Å². The fraction of sp³-hybridized carbons (Fsp3) is 0.533. The van der Waals surface area contributed by atoms with E-state index in [9.17, 15) is 4.79 Å². The lowest BCUT2D eigenvalue weighted by atomic mass is 10.1. The van der Waals surface area contributed by atoms with E-state index in [4.69, 9.17) is 5.11 Å². The number of para-hydroxylation sites is 1. The molecule has 1 aromatic carbocycles. The van der Waals surface area contributed by atoms with Gasteiger partial charge in [0.1, 0.15) is 0 Å². The van der Waals surface area contributed by atoms with E-state index in [0.717, 1.165) is 13.0 Å². The number of isocyanates is 1. The Hall–Kier alpha value is -1.48. The molecule has 1 aliphatic heterocycles. The maximum Gasteiger partial charge on any atom is 0.240 e. The number of benzene rings is 1. The molecule has 1 fully saturated rings. The molecule has 4 heteroatoms. The van der Waals surface area contributed by atoms with E-state index in [0.29, 0.717) is 12.3 Å². The minimum absolute atomic E-state index is 0.344. The van der Waals surface area contributed by atoms with Crippen molar-refractivity contribution in [2.45, 2.75) is 25.7 Å². The summed E-state index contributed by atoms with van der Waals surface area (Å²) in [4.78, 5) is 15.5. The summed E-state index contributed by atoms with van der Waals surface area (Å²) in [6.07, 6.45) is 6.51. The summed E-state index contributed by atoms with van der Waals surface area (Å²) in [5, 5.41) is 8.57. The SMILES string of the molecule is O=C=Nc1ccccc1.OCCCN1CCCCC1. The minimum atomic E-state index is 0.344. The molecule has 0 saturated carbocycles. The molecule has 1 heterocycles. The number of likely N-dealkylation sites (tertiary alicyclic amines) is 1. The molecule has 0 radical (unpaired) electrons. The first-order valence-electron chi connectivity index (χ1n) is 6.83. The smallest absolute Gasteiger partial charge is 0.240 e. The number of aliphatic hydroxyl groups is 1. The summed E-state index contributed by atoms with van der Waals surface area (Å²) in [6.45, 7) is 3.94. The summed E-state index contributed by atoms with van der Waals surface area (Å²) < 4.78 is 0. The lowest BCUT2D eigenvalue weighted by molar-refractivity contribution is 0.198. The van der Waals surface area contributed by atoms with Gasteiger partial charge in [0.2, 0.25) is 6.08 Å². The zero-order chi connectivity index (χ0) is 13.8. The van der Waals surface area contributed by atoms with Crippen LogP contribution in [0.1, 0.15) is 25.7 Å². The molecule has 1 N–H and O–H groups in total. The largest absolute Gasteiger partial charge is 0.396 e. The molecule has 0 amide bonds. The third kappa shape index (κ3) is 7.52. The van der Waals surface area contributed by atoms with Crippen molar-refractivity contribution in [2.75, 3.05) is 26.2 Å². The molecule has 4 nitrogen and oxygen atoms in total. The van der Waals surface area contributed by atoms with Gasteiger partial charge in [-0.15, -0.1) is 0 Å². The van der Waals surface area contributed by atoms with Gasteiger partial charge in [-0.2, -0.15) is 4.99 Å². The van der Waals surface area contributed by atoms with Gasteiger partial charge in [-0.05, 0) is 44.5 Å². The topological polar surface area (TPSA) is 52.9 Å². The van der Waals surface area contributed by atoms with E-state index < -0.39 is 0 Å². The lowest BCUT2D eigenvalue weighted by Gasteiger charge is -2.25. The maximum atomic E-state index is 9.68. The predicted octanol–water partition coefficient (Wildman–Crippen LogP) is 2.51. The molecule has 0 atom stereocenters. The molecule has 0 unspecified atom stereocenters. The van der Waals surface area contributed by atoms with E-state index in [-0.39, 0.29) is 0 Å². The highest BCUT2D eigenvalue weighted by atomic mass is 16.3. The van der Waals surface area contributed by atoms with E-state index >= 15 is 0 Å². The van der Waals surface area contributed by atoms with Crippen molar-refractivity contribution >= 4 is 11.8 Å². The summed E-state index contributed by atoms with van der Waals surface area (Å²) in [7, 11) is 0. The summed E-state index contributed by atoms with van der Waals surface area (Å²) in [6, 6.07) is 8.98. The fourth-order valence-corrected chi connectivity index (χ4v) is 2.03. The number of hydrogen-bond acceptors (Lipinski definition) is 4. The Bertz CT molecular complexity index is 369. The average Bonchev–Trinajstić information content (AvgIpc) is 2.48. The molecule has 0 spiro atoms. The van der Waals surface area contributed by atoms with E-state index in [1.54, 1.807) is 12.1 Å². The first-order valence-corrected chi connectivity index (χ1v) is 6.83. The first-order chi connectivity index (χ1) is 9.36. The van der Waals surface area contributed by atoms with E-state index in [1.165, 1.54) is 38.4 Å². The van der Waals surface area contributed by atoms with Gasteiger partial charge in [-0.1, -0.05) is 24.6 Å². The van der Waals surface area contributed by atoms with Crippen LogP contribution in [0.4, 0.5) is 5.69 Å². The van der Waals surface area contributed by atoms with Crippen molar-refractivity contribution in [2.24, 2.45) is 4.99 Å². The van der Waals surface area contributed by atoms with Gasteiger partial charge < -0.3 is 10.0 Å². The Balaban J connectivity index is 0.000000191. The van der Waals surface area contributed by atoms with Crippen LogP contribution in [0.2, 0.25) is 0 Å². The standard InChI is InChI=1S/C8H17NO.C7H5NO/c10-8-4-7-9-5-2-1-3-6-9;9-6-8-7-4-2-1-3-5-7/h10H,1-8H2;1-5H. The minimum Gasteiger partial charge on any atom is -0.396 e. The lowest BCUT2D eigenvalue weighted by Crippen LogP contribution is -2.30. The van der Waals surface area contributed by atoms with Crippen molar-refractivity contribution in [1.29, 1.82) is 0 Å². The normalized spacial score (nSPS) is 15.0. The third-order valence-corrected chi connectivity index (χ3v) is 3.01. The second-order valence-electron chi connectivity index (χ2n) is 4.52. The number of carbonyl (C=O) groups excluding carboxylic acids is 1. The average molecular weight is 262 g/mol. The van der Waals surface area contributed by atoms with Gasteiger partial charge in [0.15, 0.2) is 0 Å². The van der Waals surface area contributed by atoms with Gasteiger partial charge in [0.25, 0.3) is 0 Å². The van der Waals surface area contributed by atoms with Gasteiger partial charge in [0.05, 0.1) is 5.69 Å². The van der Waals surface area contributed by atoms with Crippen molar-refractivity contribution in [1.82, 2.24) is 4.90 Å². The highest BCUT2D eigenvalue weighted by Gasteiger charge is 2.07.